The van der Waals surface area contributed by atoms with Gasteiger partial charge in [-0.1, -0.05) is 33.6 Å². The van der Waals surface area contributed by atoms with E-state index < -0.39 is 0 Å². The molecule has 40 valence electrons. The van der Waals surface area contributed by atoms with Crippen LogP contribution in [0.3, 0.4) is 0 Å². The zero-order valence-electron chi connectivity index (χ0n) is 6.99. The van der Waals surface area contributed by atoms with Crippen LogP contribution in [0.5, 0.6) is 0 Å². The molecule has 0 fully saturated rings. The van der Waals surface area contributed by atoms with Crippen LogP contribution in [0, 0.1) is 5.92 Å². The fraction of sp³-hybridized carbons (Fsp3) is 1.00. The monoisotopic (exact) mass is 126 g/mol. The Bertz CT molecular complexity index is 27.7. The molecule has 0 aromatic rings. The molecule has 0 atom stereocenters. The average molecular weight is 126 g/mol. The van der Waals surface area contributed by atoms with Gasteiger partial charge in [0.1, 0.15) is 0 Å². The first-order valence-electron chi connectivity index (χ1n) is 2.81. The first kappa shape index (κ1) is 11.4. The first-order valence-corrected chi connectivity index (χ1v) is 2.81. The molecule has 0 aromatic carbocycles. The van der Waals surface area contributed by atoms with Gasteiger partial charge in [0, 0.05) is 0 Å². The van der Waals surface area contributed by atoms with E-state index in [9.17, 15) is 0 Å². The van der Waals surface area contributed by atoms with Crippen LogP contribution in [-0.2, 0) is 0 Å². The predicted octanol–water partition coefficient (Wildman–Crippen LogP) is -0.441. The maximum absolute atomic E-state index is 2.28. The van der Waals surface area contributed by atoms with Crippen LogP contribution in [-0.4, -0.2) is 0 Å². The maximum atomic E-state index is 2.28. The minimum absolute atomic E-state index is 0. The molecule has 0 radical (unpaired) electrons. The summed E-state index contributed by atoms with van der Waals surface area (Å²) in [5.74, 6) is 0.935. The van der Waals surface area contributed by atoms with Crippen molar-refractivity contribution in [2.24, 2.45) is 5.92 Å². The van der Waals surface area contributed by atoms with Crippen molar-refractivity contribution in [2.75, 3.05) is 0 Å². The van der Waals surface area contributed by atoms with Crippen molar-refractivity contribution in [3.8, 4) is 0 Å². The van der Waals surface area contributed by atoms with Crippen LogP contribution < -0.4 is 51.4 Å². The fourth-order valence-electron chi connectivity index (χ4n) is 0.289. The SMILES string of the molecule is CCC(C)CC.[H-].[K+]. The molecule has 0 spiro atoms. The number of rotatable bonds is 2. The Hall–Kier alpha value is 1.64. The smallest absolute Gasteiger partial charge is 1.00 e. The Kier molecular flexibility index (Phi) is 12.5. The van der Waals surface area contributed by atoms with Gasteiger partial charge in [0.05, 0.1) is 0 Å². The van der Waals surface area contributed by atoms with E-state index in [1.165, 1.54) is 12.8 Å². The summed E-state index contributed by atoms with van der Waals surface area (Å²) in [5, 5.41) is 0. The van der Waals surface area contributed by atoms with E-state index in [2.05, 4.69) is 20.8 Å². The summed E-state index contributed by atoms with van der Waals surface area (Å²) < 4.78 is 0. The number of hydrogen-bond acceptors (Lipinski definition) is 0. The van der Waals surface area contributed by atoms with E-state index in [0.717, 1.165) is 5.92 Å². The molecule has 0 aliphatic heterocycles. The van der Waals surface area contributed by atoms with Gasteiger partial charge in [-0.3, -0.25) is 0 Å². The Morgan fingerprint density at radius 1 is 1.29 bits per heavy atom. The second kappa shape index (κ2) is 7.64. The van der Waals surface area contributed by atoms with E-state index in [4.69, 9.17) is 0 Å². The Balaban J connectivity index is -0.000000125. The minimum atomic E-state index is 0. The summed E-state index contributed by atoms with van der Waals surface area (Å²) in [4.78, 5) is 0. The molecule has 7 heavy (non-hydrogen) atoms. The van der Waals surface area contributed by atoms with Crippen LogP contribution >= 0.6 is 0 Å². The Morgan fingerprint density at radius 2 is 1.57 bits per heavy atom. The minimum Gasteiger partial charge on any atom is -1.00 e. The third-order valence-corrected chi connectivity index (χ3v) is 1.39. The van der Waals surface area contributed by atoms with Crippen LogP contribution in [0.2, 0.25) is 0 Å². The van der Waals surface area contributed by atoms with Crippen LogP contribution in [0.15, 0.2) is 0 Å². The molecule has 0 unspecified atom stereocenters. The van der Waals surface area contributed by atoms with E-state index in [-0.39, 0.29) is 52.8 Å². The molecule has 0 aliphatic rings. The predicted molar refractivity (Wildman–Crippen MR) is 30.9 cm³/mol. The molecule has 0 amide bonds. The van der Waals surface area contributed by atoms with Gasteiger partial charge in [0.15, 0.2) is 0 Å². The molecule has 0 nitrogen and oxygen atoms in total. The van der Waals surface area contributed by atoms with Crippen molar-refractivity contribution in [1.29, 1.82) is 0 Å². The van der Waals surface area contributed by atoms with E-state index >= 15 is 0 Å². The van der Waals surface area contributed by atoms with Gasteiger partial charge >= 0.3 is 51.4 Å². The van der Waals surface area contributed by atoms with Crippen molar-refractivity contribution >= 4 is 0 Å². The second-order valence-electron chi connectivity index (χ2n) is 1.92. The van der Waals surface area contributed by atoms with Gasteiger partial charge < -0.3 is 1.43 Å². The number of hydrogen-bond donors (Lipinski definition) is 0. The van der Waals surface area contributed by atoms with Crippen LogP contribution in [0.1, 0.15) is 35.0 Å². The molecule has 0 rings (SSSR count). The van der Waals surface area contributed by atoms with Gasteiger partial charge in [-0.25, -0.2) is 0 Å². The summed E-state index contributed by atoms with van der Waals surface area (Å²) in [6, 6.07) is 0. The zero-order chi connectivity index (χ0) is 4.99. The summed E-state index contributed by atoms with van der Waals surface area (Å²) in [7, 11) is 0. The molecule has 0 bridgehead atoms. The second-order valence-corrected chi connectivity index (χ2v) is 1.92. The topological polar surface area (TPSA) is 0 Å². The Morgan fingerprint density at radius 3 is 1.57 bits per heavy atom. The molecule has 0 saturated carbocycles. The van der Waals surface area contributed by atoms with Crippen molar-refractivity contribution in [3.63, 3.8) is 0 Å². The van der Waals surface area contributed by atoms with Crippen molar-refractivity contribution in [2.45, 2.75) is 33.6 Å². The standard InChI is InChI=1S/C6H14.K.H/c1-4-6(3)5-2;;/h6H,4-5H2,1-3H3;;/q;+1;-1. The Labute approximate surface area is 91.0 Å². The molecular formula is C6H15K. The summed E-state index contributed by atoms with van der Waals surface area (Å²) in [5.41, 5.74) is 0. The van der Waals surface area contributed by atoms with Gasteiger partial charge in [0.2, 0.25) is 0 Å². The fourth-order valence-corrected chi connectivity index (χ4v) is 0.289. The van der Waals surface area contributed by atoms with Gasteiger partial charge in [-0.05, 0) is 5.92 Å². The summed E-state index contributed by atoms with van der Waals surface area (Å²) >= 11 is 0. The van der Waals surface area contributed by atoms with Crippen molar-refractivity contribution < 1.29 is 52.8 Å². The average Bonchev–Trinajstić information content (AvgIpc) is 1.65. The van der Waals surface area contributed by atoms with Gasteiger partial charge in [-0.15, -0.1) is 0 Å². The van der Waals surface area contributed by atoms with Crippen molar-refractivity contribution in [1.82, 2.24) is 0 Å². The van der Waals surface area contributed by atoms with E-state index in [0.29, 0.717) is 0 Å². The van der Waals surface area contributed by atoms with Gasteiger partial charge in [-0.2, -0.15) is 0 Å². The van der Waals surface area contributed by atoms with Crippen molar-refractivity contribution in [3.05, 3.63) is 0 Å². The zero-order valence-corrected chi connectivity index (χ0v) is 9.11. The molecule has 0 aliphatic carbocycles. The third-order valence-electron chi connectivity index (χ3n) is 1.39. The maximum Gasteiger partial charge on any atom is 1.00 e. The normalized spacial score (nSPS) is 8.57. The molecule has 1 heteroatoms. The summed E-state index contributed by atoms with van der Waals surface area (Å²) in [6.45, 7) is 6.74. The van der Waals surface area contributed by atoms with Gasteiger partial charge in [0.25, 0.3) is 0 Å². The largest absolute Gasteiger partial charge is 1.00 e. The molecule has 0 aromatic heterocycles. The molecule has 0 heterocycles. The molecule has 0 saturated heterocycles. The van der Waals surface area contributed by atoms with E-state index in [1.807, 2.05) is 0 Å². The van der Waals surface area contributed by atoms with E-state index in [1.54, 1.807) is 0 Å². The molecular weight excluding hydrogens is 111 g/mol. The summed E-state index contributed by atoms with van der Waals surface area (Å²) in [6.07, 6.45) is 2.66. The first-order chi connectivity index (χ1) is 2.81. The quantitative estimate of drug-likeness (QED) is 0.440. The molecule has 0 N–H and O–H groups in total. The van der Waals surface area contributed by atoms with Crippen LogP contribution in [0.25, 0.3) is 0 Å². The van der Waals surface area contributed by atoms with Crippen LogP contribution in [0.4, 0.5) is 0 Å². The third kappa shape index (κ3) is 7.64.